The first-order valence-electron chi connectivity index (χ1n) is 16.5. The Labute approximate surface area is 282 Å². The lowest BCUT2D eigenvalue weighted by Crippen LogP contribution is -2.11. The second-order valence-corrected chi connectivity index (χ2v) is 12.4. The number of benzene rings is 8. The maximum absolute atomic E-state index is 2.37. The molecule has 0 atom stereocenters. The van der Waals surface area contributed by atoms with Gasteiger partial charge in [0.05, 0.1) is 11.4 Å². The molecule has 48 heavy (non-hydrogen) atoms. The Morgan fingerprint density at radius 3 is 0.958 bits per heavy atom. The SMILES string of the molecule is Cc1ccc(N(c2ccccc2)c2ccc(-c3ccc(N(c4ccccc4)c4ccc(C)cc4)c4ccccc34)c3ccccc23)cc1. The van der Waals surface area contributed by atoms with Gasteiger partial charge in [0.2, 0.25) is 0 Å². The number of rotatable bonds is 7. The Bertz CT molecular complexity index is 2170. The minimum absolute atomic E-state index is 1.13. The summed E-state index contributed by atoms with van der Waals surface area (Å²) in [7, 11) is 0. The molecule has 0 saturated heterocycles. The molecule has 8 rings (SSSR count). The Balaban J connectivity index is 1.33. The van der Waals surface area contributed by atoms with Crippen LogP contribution in [0.3, 0.4) is 0 Å². The van der Waals surface area contributed by atoms with E-state index in [1.54, 1.807) is 0 Å². The minimum Gasteiger partial charge on any atom is -0.310 e. The fraction of sp³-hybridized carbons (Fsp3) is 0.0435. The maximum atomic E-state index is 2.37. The van der Waals surface area contributed by atoms with E-state index < -0.39 is 0 Å². The highest BCUT2D eigenvalue weighted by Gasteiger charge is 2.20. The molecule has 0 aliphatic rings. The third-order valence-electron chi connectivity index (χ3n) is 9.19. The normalized spacial score (nSPS) is 11.1. The number of hydrogen-bond acceptors (Lipinski definition) is 2. The summed E-state index contributed by atoms with van der Waals surface area (Å²) >= 11 is 0. The molecule has 0 saturated carbocycles. The van der Waals surface area contributed by atoms with Crippen molar-refractivity contribution in [3.63, 3.8) is 0 Å². The van der Waals surface area contributed by atoms with Crippen molar-refractivity contribution in [3.05, 3.63) is 193 Å². The van der Waals surface area contributed by atoms with E-state index in [1.807, 2.05) is 0 Å². The van der Waals surface area contributed by atoms with Crippen LogP contribution in [0.5, 0.6) is 0 Å². The van der Waals surface area contributed by atoms with Gasteiger partial charge in [-0.1, -0.05) is 132 Å². The van der Waals surface area contributed by atoms with Crippen LogP contribution in [-0.4, -0.2) is 0 Å². The van der Waals surface area contributed by atoms with E-state index >= 15 is 0 Å². The van der Waals surface area contributed by atoms with Crippen LogP contribution in [0.15, 0.2) is 182 Å². The van der Waals surface area contributed by atoms with Crippen molar-refractivity contribution in [2.24, 2.45) is 0 Å². The van der Waals surface area contributed by atoms with Crippen molar-refractivity contribution in [1.29, 1.82) is 0 Å². The zero-order chi connectivity index (χ0) is 32.5. The molecule has 230 valence electrons. The van der Waals surface area contributed by atoms with Crippen molar-refractivity contribution >= 4 is 55.7 Å². The molecule has 0 aliphatic heterocycles. The molecular formula is C46H36N2. The van der Waals surface area contributed by atoms with Crippen LogP contribution in [0.1, 0.15) is 11.1 Å². The van der Waals surface area contributed by atoms with Crippen LogP contribution >= 0.6 is 0 Å². The van der Waals surface area contributed by atoms with Gasteiger partial charge in [0, 0.05) is 33.5 Å². The van der Waals surface area contributed by atoms with Crippen molar-refractivity contribution in [3.8, 4) is 11.1 Å². The van der Waals surface area contributed by atoms with E-state index in [0.717, 1.165) is 34.1 Å². The Morgan fingerprint density at radius 1 is 0.271 bits per heavy atom. The summed E-state index contributed by atoms with van der Waals surface area (Å²) in [6.07, 6.45) is 0. The zero-order valence-electron chi connectivity index (χ0n) is 27.2. The lowest BCUT2D eigenvalue weighted by molar-refractivity contribution is 1.29. The van der Waals surface area contributed by atoms with Crippen LogP contribution < -0.4 is 9.80 Å². The third kappa shape index (κ3) is 5.38. The highest BCUT2D eigenvalue weighted by atomic mass is 15.1. The van der Waals surface area contributed by atoms with Gasteiger partial charge in [0.15, 0.2) is 0 Å². The summed E-state index contributed by atoms with van der Waals surface area (Å²) in [6, 6.07) is 65.7. The fourth-order valence-corrected chi connectivity index (χ4v) is 6.82. The monoisotopic (exact) mass is 616 g/mol. The molecule has 0 heterocycles. The lowest BCUT2D eigenvalue weighted by atomic mass is 9.92. The summed E-state index contributed by atoms with van der Waals surface area (Å²) in [5.74, 6) is 0. The second kappa shape index (κ2) is 12.6. The molecule has 0 aromatic heterocycles. The maximum Gasteiger partial charge on any atom is 0.0540 e. The lowest BCUT2D eigenvalue weighted by Gasteiger charge is -2.28. The van der Waals surface area contributed by atoms with E-state index in [2.05, 4.69) is 206 Å². The highest BCUT2D eigenvalue weighted by Crippen LogP contribution is 2.46. The van der Waals surface area contributed by atoms with Gasteiger partial charge >= 0.3 is 0 Å². The predicted octanol–water partition coefficient (Wildman–Crippen LogP) is 13.2. The third-order valence-corrected chi connectivity index (χ3v) is 9.19. The summed E-state index contributed by atoms with van der Waals surface area (Å²) in [6.45, 7) is 4.27. The standard InChI is InChI=1S/C46H36N2/c1-33-21-25-37(26-22-33)47(35-13-5-3-6-14-35)45-31-29-41(39-17-9-11-19-43(39)45)42-30-32-46(44-20-12-10-18-40(42)44)48(36-15-7-4-8-16-36)38-27-23-34(2)24-28-38/h3-32H,1-2H3. The number of aryl methyl sites for hydroxylation is 2. The molecule has 0 fully saturated rings. The van der Waals surface area contributed by atoms with Gasteiger partial charge in [-0.15, -0.1) is 0 Å². The quantitative estimate of drug-likeness (QED) is 0.176. The van der Waals surface area contributed by atoms with Crippen molar-refractivity contribution in [1.82, 2.24) is 0 Å². The van der Waals surface area contributed by atoms with Crippen molar-refractivity contribution in [2.45, 2.75) is 13.8 Å². The molecule has 0 bridgehead atoms. The molecule has 0 spiro atoms. The highest BCUT2D eigenvalue weighted by molar-refractivity contribution is 6.13. The van der Waals surface area contributed by atoms with Crippen molar-refractivity contribution in [2.75, 3.05) is 9.80 Å². The summed E-state index contributed by atoms with van der Waals surface area (Å²) in [5.41, 5.74) is 11.8. The van der Waals surface area contributed by atoms with Gasteiger partial charge in [0.25, 0.3) is 0 Å². The van der Waals surface area contributed by atoms with Crippen LogP contribution in [0, 0.1) is 13.8 Å². The van der Waals surface area contributed by atoms with Crippen LogP contribution in [0.25, 0.3) is 32.7 Å². The number of hydrogen-bond donors (Lipinski definition) is 0. The van der Waals surface area contributed by atoms with Gasteiger partial charge in [0.1, 0.15) is 0 Å². The molecule has 8 aromatic rings. The van der Waals surface area contributed by atoms with E-state index in [-0.39, 0.29) is 0 Å². The molecule has 0 unspecified atom stereocenters. The van der Waals surface area contributed by atoms with Gasteiger partial charge in [-0.3, -0.25) is 0 Å². The molecular weight excluding hydrogens is 581 g/mol. The minimum atomic E-state index is 1.13. The van der Waals surface area contributed by atoms with Gasteiger partial charge in [-0.05, 0) is 96.4 Å². The zero-order valence-corrected chi connectivity index (χ0v) is 27.2. The number of para-hydroxylation sites is 2. The van der Waals surface area contributed by atoms with E-state index in [9.17, 15) is 0 Å². The second-order valence-electron chi connectivity index (χ2n) is 12.4. The topological polar surface area (TPSA) is 6.48 Å². The average molecular weight is 617 g/mol. The van der Waals surface area contributed by atoms with Crippen LogP contribution in [0.4, 0.5) is 34.1 Å². The fourth-order valence-electron chi connectivity index (χ4n) is 6.82. The molecule has 0 aliphatic carbocycles. The smallest absolute Gasteiger partial charge is 0.0540 e. The Hall–Kier alpha value is -6.12. The largest absolute Gasteiger partial charge is 0.310 e. The predicted molar refractivity (Wildman–Crippen MR) is 206 cm³/mol. The van der Waals surface area contributed by atoms with E-state index in [1.165, 1.54) is 43.8 Å². The summed E-state index contributed by atoms with van der Waals surface area (Å²) in [5, 5.41) is 4.86. The van der Waals surface area contributed by atoms with E-state index in [4.69, 9.17) is 0 Å². The number of fused-ring (bicyclic) bond motifs is 2. The summed E-state index contributed by atoms with van der Waals surface area (Å²) in [4.78, 5) is 4.73. The first-order valence-corrected chi connectivity index (χ1v) is 16.5. The first kappa shape index (κ1) is 29.3. The molecule has 0 radical (unpaired) electrons. The molecule has 2 heteroatoms. The van der Waals surface area contributed by atoms with Crippen molar-refractivity contribution < 1.29 is 0 Å². The van der Waals surface area contributed by atoms with Gasteiger partial charge < -0.3 is 9.80 Å². The molecule has 8 aromatic carbocycles. The van der Waals surface area contributed by atoms with Crippen LogP contribution in [0.2, 0.25) is 0 Å². The average Bonchev–Trinajstić information content (AvgIpc) is 3.14. The molecule has 0 N–H and O–H groups in total. The Kier molecular flexibility index (Phi) is 7.68. The number of anilines is 6. The molecule has 2 nitrogen and oxygen atoms in total. The van der Waals surface area contributed by atoms with Gasteiger partial charge in [-0.25, -0.2) is 0 Å². The Morgan fingerprint density at radius 2 is 0.583 bits per heavy atom. The van der Waals surface area contributed by atoms with E-state index in [0.29, 0.717) is 0 Å². The summed E-state index contributed by atoms with van der Waals surface area (Å²) < 4.78 is 0. The number of nitrogens with zero attached hydrogens (tertiary/aromatic N) is 2. The first-order chi connectivity index (χ1) is 23.7. The van der Waals surface area contributed by atoms with Gasteiger partial charge in [-0.2, -0.15) is 0 Å². The van der Waals surface area contributed by atoms with Crippen LogP contribution in [-0.2, 0) is 0 Å². The molecule has 0 amide bonds.